The zero-order valence-electron chi connectivity index (χ0n) is 11.7. The van der Waals surface area contributed by atoms with E-state index >= 15 is 0 Å². The summed E-state index contributed by atoms with van der Waals surface area (Å²) < 4.78 is 0. The first-order valence-corrected chi connectivity index (χ1v) is 8.07. The van der Waals surface area contributed by atoms with Crippen molar-refractivity contribution in [2.24, 2.45) is 5.92 Å². The lowest BCUT2D eigenvalue weighted by atomic mass is 10.0. The van der Waals surface area contributed by atoms with Crippen LogP contribution in [0.2, 0.25) is 0 Å². The number of nitrogens with zero attached hydrogens (tertiary/aromatic N) is 1. The number of rotatable bonds is 7. The standard InChI is InChI=1S/C15H26N2S/c1-13(11-15-6-4-10-18-15)17(2)9-3-5-14-7-8-16-12-14/h4,6,10,13-14,16H,3,5,7-9,11-12H2,1-2H3. The normalized spacial score (nSPS) is 21.6. The smallest absolute Gasteiger partial charge is 0.0112 e. The van der Waals surface area contributed by atoms with Gasteiger partial charge in [0.25, 0.3) is 0 Å². The summed E-state index contributed by atoms with van der Waals surface area (Å²) in [6.45, 7) is 6.06. The molecule has 2 nitrogen and oxygen atoms in total. The van der Waals surface area contributed by atoms with Gasteiger partial charge in [0.05, 0.1) is 0 Å². The van der Waals surface area contributed by atoms with E-state index in [0.717, 1.165) is 5.92 Å². The van der Waals surface area contributed by atoms with Crippen LogP contribution in [0.15, 0.2) is 17.5 Å². The van der Waals surface area contributed by atoms with Crippen LogP contribution < -0.4 is 5.32 Å². The van der Waals surface area contributed by atoms with Crippen molar-refractivity contribution in [3.05, 3.63) is 22.4 Å². The Morgan fingerprint density at radius 1 is 1.56 bits per heavy atom. The highest BCUT2D eigenvalue weighted by molar-refractivity contribution is 7.09. The van der Waals surface area contributed by atoms with Crippen molar-refractivity contribution in [2.75, 3.05) is 26.7 Å². The first kappa shape index (κ1) is 14.0. The molecule has 3 heteroatoms. The molecule has 1 aromatic rings. The second-order valence-corrected chi connectivity index (χ2v) is 6.65. The number of hydrogen-bond donors (Lipinski definition) is 1. The van der Waals surface area contributed by atoms with Gasteiger partial charge in [-0.1, -0.05) is 6.07 Å². The van der Waals surface area contributed by atoms with Crippen LogP contribution in [0.25, 0.3) is 0 Å². The molecule has 1 fully saturated rings. The van der Waals surface area contributed by atoms with Crippen molar-refractivity contribution in [2.45, 2.75) is 38.6 Å². The summed E-state index contributed by atoms with van der Waals surface area (Å²) >= 11 is 1.88. The van der Waals surface area contributed by atoms with E-state index in [1.54, 1.807) is 0 Å². The Balaban J connectivity index is 1.62. The van der Waals surface area contributed by atoms with E-state index in [1.165, 1.54) is 50.2 Å². The molecule has 0 spiro atoms. The van der Waals surface area contributed by atoms with E-state index in [1.807, 2.05) is 11.3 Å². The van der Waals surface area contributed by atoms with Gasteiger partial charge in [0.2, 0.25) is 0 Å². The van der Waals surface area contributed by atoms with Crippen LogP contribution in [-0.2, 0) is 6.42 Å². The van der Waals surface area contributed by atoms with Crippen molar-refractivity contribution in [1.29, 1.82) is 0 Å². The summed E-state index contributed by atoms with van der Waals surface area (Å²) in [5.41, 5.74) is 0. The van der Waals surface area contributed by atoms with Gasteiger partial charge in [-0.2, -0.15) is 0 Å². The first-order valence-electron chi connectivity index (χ1n) is 7.19. The lowest BCUT2D eigenvalue weighted by molar-refractivity contribution is 0.246. The summed E-state index contributed by atoms with van der Waals surface area (Å²) in [7, 11) is 2.27. The van der Waals surface area contributed by atoms with Gasteiger partial charge in [-0.05, 0) is 76.7 Å². The summed E-state index contributed by atoms with van der Waals surface area (Å²) in [6.07, 6.45) is 5.31. The van der Waals surface area contributed by atoms with Crippen LogP contribution in [0.1, 0.15) is 31.1 Å². The highest BCUT2D eigenvalue weighted by atomic mass is 32.1. The van der Waals surface area contributed by atoms with Crippen LogP contribution in [0, 0.1) is 5.92 Å². The van der Waals surface area contributed by atoms with E-state index in [-0.39, 0.29) is 0 Å². The highest BCUT2D eigenvalue weighted by Crippen LogP contribution is 2.16. The van der Waals surface area contributed by atoms with Gasteiger partial charge >= 0.3 is 0 Å². The fourth-order valence-electron chi connectivity index (χ4n) is 2.69. The molecule has 1 aromatic heterocycles. The Morgan fingerprint density at radius 2 is 2.44 bits per heavy atom. The molecule has 2 unspecified atom stereocenters. The lowest BCUT2D eigenvalue weighted by Crippen LogP contribution is -2.31. The molecule has 0 aromatic carbocycles. The molecule has 2 rings (SSSR count). The SMILES string of the molecule is CC(Cc1cccs1)N(C)CCCC1CCNC1. The predicted molar refractivity (Wildman–Crippen MR) is 80.3 cm³/mol. The van der Waals surface area contributed by atoms with Gasteiger partial charge in [0.1, 0.15) is 0 Å². The molecule has 1 aliphatic heterocycles. The average Bonchev–Trinajstić information content (AvgIpc) is 3.01. The number of hydrogen-bond acceptors (Lipinski definition) is 3. The number of thiophene rings is 1. The van der Waals surface area contributed by atoms with Crippen molar-refractivity contribution in [3.8, 4) is 0 Å². The maximum Gasteiger partial charge on any atom is 0.0112 e. The minimum absolute atomic E-state index is 0.658. The summed E-state index contributed by atoms with van der Waals surface area (Å²) in [4.78, 5) is 4.02. The van der Waals surface area contributed by atoms with Crippen LogP contribution in [0.5, 0.6) is 0 Å². The molecule has 102 valence electrons. The Morgan fingerprint density at radius 3 is 3.11 bits per heavy atom. The summed E-state index contributed by atoms with van der Waals surface area (Å²) in [5, 5.41) is 5.63. The summed E-state index contributed by atoms with van der Waals surface area (Å²) in [6, 6.07) is 5.06. The van der Waals surface area contributed by atoms with Gasteiger partial charge < -0.3 is 10.2 Å². The summed E-state index contributed by atoms with van der Waals surface area (Å²) in [5.74, 6) is 0.936. The predicted octanol–water partition coefficient (Wildman–Crippen LogP) is 3.00. The van der Waals surface area contributed by atoms with Gasteiger partial charge in [-0.3, -0.25) is 0 Å². The van der Waals surface area contributed by atoms with Crippen molar-refractivity contribution in [1.82, 2.24) is 10.2 Å². The third kappa shape index (κ3) is 4.38. The zero-order valence-corrected chi connectivity index (χ0v) is 12.5. The molecule has 0 amide bonds. The number of likely N-dealkylation sites (N-methyl/N-ethyl adjacent to an activating group) is 1. The van der Waals surface area contributed by atoms with E-state index in [4.69, 9.17) is 0 Å². The molecule has 1 aliphatic rings. The van der Waals surface area contributed by atoms with E-state index < -0.39 is 0 Å². The maximum atomic E-state index is 3.45. The van der Waals surface area contributed by atoms with Gasteiger partial charge in [-0.25, -0.2) is 0 Å². The Labute approximate surface area is 115 Å². The Bertz CT molecular complexity index is 317. The second-order valence-electron chi connectivity index (χ2n) is 5.61. The van der Waals surface area contributed by atoms with E-state index in [2.05, 4.69) is 41.7 Å². The molecule has 18 heavy (non-hydrogen) atoms. The lowest BCUT2D eigenvalue weighted by Gasteiger charge is -2.24. The second kappa shape index (κ2) is 7.27. The molecule has 0 radical (unpaired) electrons. The van der Waals surface area contributed by atoms with Crippen molar-refractivity contribution >= 4 is 11.3 Å². The van der Waals surface area contributed by atoms with Crippen LogP contribution in [0.3, 0.4) is 0 Å². The van der Waals surface area contributed by atoms with E-state index in [0.29, 0.717) is 6.04 Å². The third-order valence-corrected chi connectivity index (χ3v) is 5.01. The molecule has 0 aliphatic carbocycles. The molecule has 2 atom stereocenters. The van der Waals surface area contributed by atoms with Crippen molar-refractivity contribution < 1.29 is 0 Å². The molecule has 0 saturated carbocycles. The molecule has 1 saturated heterocycles. The highest BCUT2D eigenvalue weighted by Gasteiger charge is 2.15. The average molecular weight is 266 g/mol. The first-order chi connectivity index (χ1) is 8.75. The van der Waals surface area contributed by atoms with Crippen LogP contribution in [0.4, 0.5) is 0 Å². The van der Waals surface area contributed by atoms with Crippen LogP contribution >= 0.6 is 11.3 Å². The molecule has 0 bridgehead atoms. The third-order valence-electron chi connectivity index (χ3n) is 4.11. The maximum absolute atomic E-state index is 3.45. The van der Waals surface area contributed by atoms with Gasteiger partial charge in [0.15, 0.2) is 0 Å². The largest absolute Gasteiger partial charge is 0.316 e. The molecular formula is C15H26N2S. The van der Waals surface area contributed by atoms with Crippen LogP contribution in [-0.4, -0.2) is 37.6 Å². The van der Waals surface area contributed by atoms with E-state index in [9.17, 15) is 0 Å². The zero-order chi connectivity index (χ0) is 12.8. The number of nitrogens with one attached hydrogen (secondary N) is 1. The molecule has 2 heterocycles. The minimum atomic E-state index is 0.658. The fraction of sp³-hybridized carbons (Fsp3) is 0.733. The topological polar surface area (TPSA) is 15.3 Å². The Kier molecular flexibility index (Phi) is 5.67. The fourth-order valence-corrected chi connectivity index (χ4v) is 3.51. The van der Waals surface area contributed by atoms with Crippen molar-refractivity contribution in [3.63, 3.8) is 0 Å². The molecule has 1 N–H and O–H groups in total. The van der Waals surface area contributed by atoms with Gasteiger partial charge in [-0.15, -0.1) is 11.3 Å². The minimum Gasteiger partial charge on any atom is -0.316 e. The monoisotopic (exact) mass is 266 g/mol. The quantitative estimate of drug-likeness (QED) is 0.816. The molecular weight excluding hydrogens is 240 g/mol. The van der Waals surface area contributed by atoms with Gasteiger partial charge in [0, 0.05) is 10.9 Å². The Hall–Kier alpha value is -0.380.